The van der Waals surface area contributed by atoms with Crippen LogP contribution in [0.2, 0.25) is 0 Å². The van der Waals surface area contributed by atoms with Crippen LogP contribution < -0.4 is 20.5 Å². The first-order valence-corrected chi connectivity index (χ1v) is 14.5. The number of nitrogens with one attached hydrogen (secondary N) is 1. The second-order valence-corrected chi connectivity index (χ2v) is 11.4. The first kappa shape index (κ1) is 27.1. The number of aromatic nitrogens is 2. The Hall–Kier alpha value is -3.48. The lowest BCUT2D eigenvalue weighted by molar-refractivity contribution is -0.121. The summed E-state index contributed by atoms with van der Waals surface area (Å²) < 4.78 is 14.2. The summed E-state index contributed by atoms with van der Waals surface area (Å²) in [7, 11) is 0. The predicted octanol–water partition coefficient (Wildman–Crippen LogP) is 6.20. The number of ether oxygens (including phenoxy) is 2. The summed E-state index contributed by atoms with van der Waals surface area (Å²) in [5, 5.41) is 3.16. The zero-order valence-electron chi connectivity index (χ0n) is 23.2. The molecule has 5 rings (SSSR count). The molecule has 0 unspecified atom stereocenters. The number of nitrogens with zero attached hydrogens (tertiary/aromatic N) is 2. The Morgan fingerprint density at radius 3 is 2.46 bits per heavy atom. The number of carbonyl (C=O) groups is 1. The number of rotatable bonds is 10. The van der Waals surface area contributed by atoms with Crippen molar-refractivity contribution in [3.05, 3.63) is 60.4 Å². The third kappa shape index (κ3) is 7.14. The minimum Gasteiger partial charge on any atom is -0.490 e. The normalized spacial score (nSPS) is 20.0. The van der Waals surface area contributed by atoms with Gasteiger partial charge >= 0.3 is 0 Å². The highest BCUT2D eigenvalue weighted by atomic mass is 16.5. The van der Waals surface area contributed by atoms with E-state index >= 15 is 0 Å². The maximum absolute atomic E-state index is 13.0. The summed E-state index contributed by atoms with van der Waals surface area (Å²) >= 11 is 0. The number of carbonyl (C=O) groups excluding carboxylic acids is 1. The van der Waals surface area contributed by atoms with Crippen molar-refractivity contribution in [3.63, 3.8) is 0 Å². The largest absolute Gasteiger partial charge is 0.490 e. The van der Waals surface area contributed by atoms with Crippen molar-refractivity contribution >= 4 is 22.6 Å². The van der Waals surface area contributed by atoms with E-state index in [0.29, 0.717) is 23.5 Å². The molecule has 7 nitrogen and oxygen atoms in total. The van der Waals surface area contributed by atoms with Crippen LogP contribution in [-0.2, 0) is 17.9 Å². The molecule has 2 saturated carbocycles. The number of imidazole rings is 1. The van der Waals surface area contributed by atoms with Gasteiger partial charge in [0.2, 0.25) is 5.91 Å². The molecule has 2 aromatic carbocycles. The number of benzene rings is 2. The van der Waals surface area contributed by atoms with Gasteiger partial charge in [0.25, 0.3) is 0 Å². The molecule has 1 heterocycles. The van der Waals surface area contributed by atoms with E-state index in [1.807, 2.05) is 47.0 Å². The molecule has 2 fully saturated rings. The Balaban J connectivity index is 1.26. The van der Waals surface area contributed by atoms with Gasteiger partial charge in [0.1, 0.15) is 30.5 Å². The lowest BCUT2D eigenvalue weighted by Gasteiger charge is -2.26. The molecule has 7 heteroatoms. The number of hydrogen-bond acceptors (Lipinski definition) is 5. The minimum absolute atomic E-state index is 0.00861. The van der Waals surface area contributed by atoms with Crippen LogP contribution in [0.1, 0.15) is 76.1 Å². The second-order valence-electron chi connectivity index (χ2n) is 11.4. The van der Waals surface area contributed by atoms with Crippen LogP contribution in [0, 0.1) is 11.8 Å². The summed E-state index contributed by atoms with van der Waals surface area (Å²) in [5.41, 5.74) is 8.87. The van der Waals surface area contributed by atoms with E-state index in [4.69, 9.17) is 20.2 Å². The molecule has 0 radical (unpaired) electrons. The number of amides is 1. The van der Waals surface area contributed by atoms with Crippen molar-refractivity contribution in [3.8, 4) is 11.5 Å². The van der Waals surface area contributed by atoms with E-state index in [1.54, 1.807) is 0 Å². The molecular formula is C32H42N4O3. The van der Waals surface area contributed by atoms with Crippen LogP contribution >= 0.6 is 0 Å². The van der Waals surface area contributed by atoms with Crippen molar-refractivity contribution in [2.75, 3.05) is 6.54 Å². The quantitative estimate of drug-likeness (QED) is 0.326. The minimum atomic E-state index is -0.00861. The monoisotopic (exact) mass is 530 g/mol. The van der Waals surface area contributed by atoms with E-state index in [0.717, 1.165) is 53.4 Å². The highest BCUT2D eigenvalue weighted by Gasteiger charge is 2.20. The summed E-state index contributed by atoms with van der Waals surface area (Å²) in [4.78, 5) is 17.8. The van der Waals surface area contributed by atoms with Crippen molar-refractivity contribution in [2.24, 2.45) is 17.6 Å². The van der Waals surface area contributed by atoms with Crippen molar-refractivity contribution in [2.45, 2.75) is 84.0 Å². The predicted molar refractivity (Wildman–Crippen MR) is 155 cm³/mol. The molecule has 0 aliphatic heterocycles. The molecule has 0 bridgehead atoms. The van der Waals surface area contributed by atoms with Crippen LogP contribution in [0.4, 0.5) is 0 Å². The van der Waals surface area contributed by atoms with Gasteiger partial charge in [-0.25, -0.2) is 4.98 Å². The Labute approximate surface area is 231 Å². The first-order chi connectivity index (χ1) is 18.9. The van der Waals surface area contributed by atoms with Crippen LogP contribution in [0.25, 0.3) is 16.7 Å². The van der Waals surface area contributed by atoms with Gasteiger partial charge in [-0.3, -0.25) is 4.79 Å². The maximum atomic E-state index is 13.0. The van der Waals surface area contributed by atoms with Gasteiger partial charge in [-0.15, -0.1) is 0 Å². The zero-order valence-corrected chi connectivity index (χ0v) is 23.2. The highest BCUT2D eigenvalue weighted by Crippen LogP contribution is 2.28. The molecule has 0 atom stereocenters. The molecular weight excluding hydrogens is 488 g/mol. The van der Waals surface area contributed by atoms with Crippen LogP contribution in [0.3, 0.4) is 0 Å². The summed E-state index contributed by atoms with van der Waals surface area (Å²) in [6.07, 6.45) is 11.2. The molecule has 2 aliphatic rings. The number of nitrogens with two attached hydrogens (primary N) is 1. The Kier molecular flexibility index (Phi) is 8.74. The molecule has 0 spiro atoms. The van der Waals surface area contributed by atoms with E-state index in [2.05, 4.69) is 18.8 Å². The van der Waals surface area contributed by atoms with Crippen LogP contribution in [0.5, 0.6) is 11.5 Å². The Bertz CT molecular complexity index is 1270. The van der Waals surface area contributed by atoms with Gasteiger partial charge in [0.15, 0.2) is 0 Å². The lowest BCUT2D eigenvalue weighted by Crippen LogP contribution is -2.33. The lowest BCUT2D eigenvalue weighted by atomic mass is 9.83. The maximum Gasteiger partial charge on any atom is 0.240 e. The highest BCUT2D eigenvalue weighted by molar-refractivity contribution is 5.83. The average Bonchev–Trinajstić information content (AvgIpc) is 3.29. The van der Waals surface area contributed by atoms with Crippen LogP contribution in [0.15, 0.2) is 49.0 Å². The van der Waals surface area contributed by atoms with Crippen LogP contribution in [-0.4, -0.2) is 28.1 Å². The molecule has 1 amide bonds. The van der Waals surface area contributed by atoms with E-state index in [9.17, 15) is 4.79 Å². The molecule has 0 saturated heterocycles. The summed E-state index contributed by atoms with van der Waals surface area (Å²) in [6, 6.07) is 13.6. The average molecular weight is 531 g/mol. The Morgan fingerprint density at radius 1 is 1.03 bits per heavy atom. The van der Waals surface area contributed by atoms with Crippen molar-refractivity contribution < 1.29 is 14.3 Å². The van der Waals surface area contributed by atoms with E-state index < -0.39 is 0 Å². The smallest absolute Gasteiger partial charge is 0.240 e. The van der Waals surface area contributed by atoms with Gasteiger partial charge < -0.3 is 25.1 Å². The van der Waals surface area contributed by atoms with Crippen molar-refractivity contribution in [1.29, 1.82) is 0 Å². The standard InChI is InChI=1S/C32H42N4O3/c1-22-8-10-24(11-9-22)19-34-32(37)20-36-30-17-12-25(23(2)33)18-29(30)35-31(36)21-38-26-13-15-28(16-14-26)39-27-6-4-3-5-7-27/h12-18,22,24,27H,2-11,19-21,33H2,1H3,(H,34,37). The van der Waals surface area contributed by atoms with Gasteiger partial charge in [-0.05, 0) is 92.3 Å². The van der Waals surface area contributed by atoms with Crippen molar-refractivity contribution in [1.82, 2.24) is 14.9 Å². The number of fused-ring (bicyclic) bond motifs is 1. The fourth-order valence-electron chi connectivity index (χ4n) is 5.79. The molecule has 39 heavy (non-hydrogen) atoms. The van der Waals surface area contributed by atoms with E-state index in [1.165, 1.54) is 44.9 Å². The topological polar surface area (TPSA) is 91.4 Å². The first-order valence-electron chi connectivity index (χ1n) is 14.5. The van der Waals surface area contributed by atoms with Gasteiger partial charge in [0, 0.05) is 12.2 Å². The molecule has 3 aromatic rings. The zero-order chi connectivity index (χ0) is 27.2. The Morgan fingerprint density at radius 2 is 1.74 bits per heavy atom. The fraction of sp³-hybridized carbons (Fsp3) is 0.500. The molecule has 3 N–H and O–H groups in total. The second kappa shape index (κ2) is 12.6. The van der Waals surface area contributed by atoms with Gasteiger partial charge in [0.05, 0.1) is 17.1 Å². The SMILES string of the molecule is C=C(N)c1ccc2c(c1)nc(COc1ccc(OC3CCCCC3)cc1)n2CC(=O)NCC1CCC(C)CC1. The fourth-order valence-corrected chi connectivity index (χ4v) is 5.79. The van der Waals surface area contributed by atoms with Gasteiger partial charge in [-0.2, -0.15) is 0 Å². The molecule has 1 aromatic heterocycles. The van der Waals surface area contributed by atoms with E-state index in [-0.39, 0.29) is 19.1 Å². The third-order valence-electron chi connectivity index (χ3n) is 8.27. The summed E-state index contributed by atoms with van der Waals surface area (Å²) in [6.45, 7) is 7.32. The third-order valence-corrected chi connectivity index (χ3v) is 8.27. The molecule has 2 aliphatic carbocycles. The number of hydrogen-bond donors (Lipinski definition) is 2. The summed E-state index contributed by atoms with van der Waals surface area (Å²) in [5.74, 6) is 3.65. The van der Waals surface area contributed by atoms with Gasteiger partial charge in [-0.1, -0.05) is 38.8 Å². The molecule has 208 valence electrons.